The number of nitrogens with two attached hydrogens (primary N) is 1. The molecule has 3 N–H and O–H groups in total. The molecule has 4 heteroatoms. The van der Waals surface area contributed by atoms with Gasteiger partial charge in [0.15, 0.2) is 0 Å². The first kappa shape index (κ1) is 13.5. The lowest BCUT2D eigenvalue weighted by Crippen LogP contribution is -2.26. The highest BCUT2D eigenvalue weighted by atomic mass is 79.9. The molecule has 0 aliphatic heterocycles. The highest BCUT2D eigenvalue weighted by Crippen LogP contribution is 2.30. The van der Waals surface area contributed by atoms with E-state index in [4.69, 9.17) is 10.5 Å². The van der Waals surface area contributed by atoms with Crippen molar-refractivity contribution in [3.05, 3.63) is 28.2 Å². The Morgan fingerprint density at radius 3 is 2.69 bits per heavy atom. The van der Waals surface area contributed by atoms with Crippen LogP contribution in [0.4, 0.5) is 0 Å². The van der Waals surface area contributed by atoms with Crippen molar-refractivity contribution in [3.8, 4) is 5.75 Å². The molecule has 3 nitrogen and oxygen atoms in total. The molecule has 1 rings (SSSR count). The fourth-order valence-electron chi connectivity index (χ4n) is 1.75. The Morgan fingerprint density at radius 2 is 2.19 bits per heavy atom. The molecule has 0 aliphatic carbocycles. The third-order valence-electron chi connectivity index (χ3n) is 2.52. The SMILES string of the molecule is CNC(CC(C)N)c1cc(Br)ccc1OC. The molecule has 0 saturated heterocycles. The normalized spacial score (nSPS) is 14.6. The lowest BCUT2D eigenvalue weighted by atomic mass is 9.99. The van der Waals surface area contributed by atoms with Crippen LogP contribution in [0.25, 0.3) is 0 Å². The first-order valence-electron chi connectivity index (χ1n) is 5.34. The van der Waals surface area contributed by atoms with Crippen molar-refractivity contribution in [1.29, 1.82) is 0 Å². The summed E-state index contributed by atoms with van der Waals surface area (Å²) in [5, 5.41) is 3.27. The second-order valence-electron chi connectivity index (χ2n) is 3.94. The van der Waals surface area contributed by atoms with Gasteiger partial charge in [-0.3, -0.25) is 0 Å². The second kappa shape index (κ2) is 6.23. The number of rotatable bonds is 5. The van der Waals surface area contributed by atoms with Crippen molar-refractivity contribution in [2.75, 3.05) is 14.2 Å². The van der Waals surface area contributed by atoms with E-state index in [9.17, 15) is 0 Å². The smallest absolute Gasteiger partial charge is 0.123 e. The van der Waals surface area contributed by atoms with Gasteiger partial charge in [-0.05, 0) is 38.6 Å². The molecule has 0 aromatic heterocycles. The summed E-state index contributed by atoms with van der Waals surface area (Å²) in [6.07, 6.45) is 0.878. The number of halogens is 1. The number of nitrogens with one attached hydrogen (secondary N) is 1. The average molecular weight is 287 g/mol. The zero-order valence-corrected chi connectivity index (χ0v) is 11.5. The summed E-state index contributed by atoms with van der Waals surface area (Å²) in [7, 11) is 3.62. The first-order valence-corrected chi connectivity index (χ1v) is 6.14. The standard InChI is InChI=1S/C12H19BrN2O/c1-8(14)6-11(15-2)10-7-9(13)4-5-12(10)16-3/h4-5,7-8,11,15H,6,14H2,1-3H3. The van der Waals surface area contributed by atoms with Crippen LogP contribution < -0.4 is 15.8 Å². The van der Waals surface area contributed by atoms with E-state index in [0.29, 0.717) is 0 Å². The van der Waals surface area contributed by atoms with Gasteiger partial charge >= 0.3 is 0 Å². The van der Waals surface area contributed by atoms with Crippen molar-refractivity contribution in [2.24, 2.45) is 5.73 Å². The zero-order valence-electron chi connectivity index (χ0n) is 9.96. The summed E-state index contributed by atoms with van der Waals surface area (Å²) < 4.78 is 6.41. The van der Waals surface area contributed by atoms with Gasteiger partial charge in [-0.15, -0.1) is 0 Å². The summed E-state index contributed by atoms with van der Waals surface area (Å²) in [4.78, 5) is 0. The Morgan fingerprint density at radius 1 is 1.50 bits per heavy atom. The Bertz CT molecular complexity index is 342. The Hall–Kier alpha value is -0.580. The number of benzene rings is 1. The van der Waals surface area contributed by atoms with Crippen molar-refractivity contribution in [1.82, 2.24) is 5.32 Å². The van der Waals surface area contributed by atoms with E-state index in [0.717, 1.165) is 22.2 Å². The summed E-state index contributed by atoms with van der Waals surface area (Å²) in [5.41, 5.74) is 6.98. The number of ether oxygens (including phenoxy) is 1. The summed E-state index contributed by atoms with van der Waals surface area (Å²) in [6.45, 7) is 2.01. The van der Waals surface area contributed by atoms with Crippen molar-refractivity contribution >= 4 is 15.9 Å². The van der Waals surface area contributed by atoms with Gasteiger partial charge in [-0.1, -0.05) is 15.9 Å². The molecule has 0 fully saturated rings. The molecule has 0 radical (unpaired) electrons. The molecule has 0 spiro atoms. The maximum absolute atomic E-state index is 5.84. The largest absolute Gasteiger partial charge is 0.496 e. The van der Waals surface area contributed by atoms with Crippen molar-refractivity contribution in [2.45, 2.75) is 25.4 Å². The first-order chi connectivity index (χ1) is 7.58. The molecule has 90 valence electrons. The van der Waals surface area contributed by atoms with E-state index >= 15 is 0 Å². The lowest BCUT2D eigenvalue weighted by Gasteiger charge is -2.21. The molecule has 16 heavy (non-hydrogen) atoms. The maximum atomic E-state index is 5.84. The van der Waals surface area contributed by atoms with E-state index in [1.165, 1.54) is 0 Å². The topological polar surface area (TPSA) is 47.3 Å². The van der Waals surface area contributed by atoms with Gasteiger partial charge < -0.3 is 15.8 Å². The van der Waals surface area contributed by atoms with E-state index in [-0.39, 0.29) is 12.1 Å². The Labute approximate surface area is 105 Å². The molecular formula is C12H19BrN2O. The highest BCUT2D eigenvalue weighted by Gasteiger charge is 2.16. The van der Waals surface area contributed by atoms with Crippen LogP contribution in [0.3, 0.4) is 0 Å². The van der Waals surface area contributed by atoms with Gasteiger partial charge in [0.2, 0.25) is 0 Å². The predicted molar refractivity (Wildman–Crippen MR) is 70.8 cm³/mol. The van der Waals surface area contributed by atoms with Crippen LogP contribution in [-0.4, -0.2) is 20.2 Å². The van der Waals surface area contributed by atoms with Crippen molar-refractivity contribution < 1.29 is 4.74 Å². The van der Waals surface area contributed by atoms with Gasteiger partial charge in [0.05, 0.1) is 7.11 Å². The molecule has 0 amide bonds. The third-order valence-corrected chi connectivity index (χ3v) is 3.02. The molecule has 1 aromatic carbocycles. The van der Waals surface area contributed by atoms with Crippen LogP contribution in [0.15, 0.2) is 22.7 Å². The highest BCUT2D eigenvalue weighted by molar-refractivity contribution is 9.10. The number of hydrogen-bond acceptors (Lipinski definition) is 3. The van der Waals surface area contributed by atoms with Crippen molar-refractivity contribution in [3.63, 3.8) is 0 Å². The van der Waals surface area contributed by atoms with Gasteiger partial charge in [0.25, 0.3) is 0 Å². The number of hydrogen-bond donors (Lipinski definition) is 2. The Kier molecular flexibility index (Phi) is 5.25. The van der Waals surface area contributed by atoms with Crippen LogP contribution in [0.2, 0.25) is 0 Å². The molecule has 0 aliphatic rings. The zero-order chi connectivity index (χ0) is 12.1. The second-order valence-corrected chi connectivity index (χ2v) is 4.86. The molecule has 0 bridgehead atoms. The molecule has 0 saturated carbocycles. The molecule has 2 unspecified atom stereocenters. The van der Waals surface area contributed by atoms with Crippen LogP contribution in [0, 0.1) is 0 Å². The lowest BCUT2D eigenvalue weighted by molar-refractivity contribution is 0.395. The fourth-order valence-corrected chi connectivity index (χ4v) is 2.13. The summed E-state index contributed by atoms with van der Waals surface area (Å²) in [5.74, 6) is 0.892. The van der Waals surface area contributed by atoms with E-state index in [2.05, 4.69) is 27.3 Å². The van der Waals surface area contributed by atoms with E-state index < -0.39 is 0 Å². The van der Waals surface area contributed by atoms with Crippen LogP contribution in [-0.2, 0) is 0 Å². The van der Waals surface area contributed by atoms with Gasteiger partial charge in [-0.2, -0.15) is 0 Å². The molecule has 0 heterocycles. The van der Waals surface area contributed by atoms with Gasteiger partial charge in [0, 0.05) is 22.1 Å². The minimum Gasteiger partial charge on any atom is -0.496 e. The number of methoxy groups -OCH3 is 1. The van der Waals surface area contributed by atoms with E-state index in [1.54, 1.807) is 7.11 Å². The molecule has 1 aromatic rings. The minimum absolute atomic E-state index is 0.154. The third kappa shape index (κ3) is 3.47. The van der Waals surface area contributed by atoms with Crippen LogP contribution >= 0.6 is 15.9 Å². The molecule has 2 atom stereocenters. The minimum atomic E-state index is 0.154. The monoisotopic (exact) mass is 286 g/mol. The average Bonchev–Trinajstić information content (AvgIpc) is 2.25. The fraction of sp³-hybridized carbons (Fsp3) is 0.500. The maximum Gasteiger partial charge on any atom is 0.123 e. The van der Waals surface area contributed by atoms with Gasteiger partial charge in [0.1, 0.15) is 5.75 Å². The van der Waals surface area contributed by atoms with E-state index in [1.807, 2.05) is 26.1 Å². The molecular weight excluding hydrogens is 268 g/mol. The summed E-state index contributed by atoms with van der Waals surface area (Å²) in [6, 6.07) is 6.38. The van der Waals surface area contributed by atoms with Crippen LogP contribution in [0.1, 0.15) is 24.9 Å². The quantitative estimate of drug-likeness (QED) is 0.874. The van der Waals surface area contributed by atoms with Gasteiger partial charge in [-0.25, -0.2) is 0 Å². The Balaban J connectivity index is 3.02. The summed E-state index contributed by atoms with van der Waals surface area (Å²) >= 11 is 3.47. The predicted octanol–water partition coefficient (Wildman–Crippen LogP) is 2.46. The van der Waals surface area contributed by atoms with Crippen LogP contribution in [0.5, 0.6) is 5.75 Å².